The molecule has 1 atom stereocenters. The average Bonchev–Trinajstić information content (AvgIpc) is 2.56. The predicted molar refractivity (Wildman–Crippen MR) is 86.7 cm³/mol. The highest BCUT2D eigenvalue weighted by atomic mass is 35.5. The van der Waals surface area contributed by atoms with Crippen molar-refractivity contribution in [2.45, 2.75) is 19.4 Å². The Kier molecular flexibility index (Phi) is 5.92. The molecular weight excluding hydrogens is 322 g/mol. The second kappa shape index (κ2) is 7.72. The molecule has 0 aliphatic carbocycles. The van der Waals surface area contributed by atoms with Gasteiger partial charge in [0.15, 0.2) is 0 Å². The molecule has 1 saturated heterocycles. The fourth-order valence-corrected chi connectivity index (χ4v) is 2.97. The molecule has 1 unspecified atom stereocenters. The summed E-state index contributed by atoms with van der Waals surface area (Å²) >= 11 is 5.78. The standard InChI is InChI=1S/C15H20ClN3O4/c1-2-12(10-20)17-5-7-18(8-6-17)15(21)13-4-3-11(16)9-14(13)19(22)23/h3-4,9,12,20H,2,5-8,10H2,1H3. The molecule has 7 nitrogen and oxygen atoms in total. The maximum atomic E-state index is 12.6. The van der Waals surface area contributed by atoms with Crippen molar-refractivity contribution in [3.05, 3.63) is 38.9 Å². The number of hydrogen-bond acceptors (Lipinski definition) is 5. The van der Waals surface area contributed by atoms with Gasteiger partial charge in [0.25, 0.3) is 11.6 Å². The van der Waals surface area contributed by atoms with Crippen LogP contribution in [0.25, 0.3) is 0 Å². The number of rotatable bonds is 5. The first-order valence-corrected chi connectivity index (χ1v) is 7.93. The van der Waals surface area contributed by atoms with Crippen LogP contribution in [0.3, 0.4) is 0 Å². The van der Waals surface area contributed by atoms with Crippen LogP contribution in [0.5, 0.6) is 0 Å². The summed E-state index contributed by atoms with van der Waals surface area (Å²) in [6, 6.07) is 4.18. The van der Waals surface area contributed by atoms with Gasteiger partial charge < -0.3 is 10.0 Å². The highest BCUT2D eigenvalue weighted by Crippen LogP contribution is 2.25. The third-order valence-electron chi connectivity index (χ3n) is 4.19. The number of nitrogens with zero attached hydrogens (tertiary/aromatic N) is 3. The molecule has 0 saturated carbocycles. The molecule has 23 heavy (non-hydrogen) atoms. The van der Waals surface area contributed by atoms with E-state index < -0.39 is 4.92 Å². The minimum absolute atomic E-state index is 0.0575. The summed E-state index contributed by atoms with van der Waals surface area (Å²) in [6.07, 6.45) is 0.840. The van der Waals surface area contributed by atoms with Gasteiger partial charge in [0, 0.05) is 43.3 Å². The van der Waals surface area contributed by atoms with Crippen LogP contribution in [0.1, 0.15) is 23.7 Å². The number of amides is 1. The number of aliphatic hydroxyl groups excluding tert-OH is 1. The van der Waals surface area contributed by atoms with Crippen molar-refractivity contribution >= 4 is 23.2 Å². The topological polar surface area (TPSA) is 86.9 Å². The zero-order valence-electron chi connectivity index (χ0n) is 12.9. The van der Waals surface area contributed by atoms with E-state index in [-0.39, 0.29) is 34.8 Å². The second-order valence-electron chi connectivity index (χ2n) is 5.49. The molecule has 0 radical (unpaired) electrons. The van der Waals surface area contributed by atoms with Crippen LogP contribution in [0.4, 0.5) is 5.69 Å². The van der Waals surface area contributed by atoms with E-state index in [9.17, 15) is 20.0 Å². The molecule has 1 heterocycles. The SMILES string of the molecule is CCC(CO)N1CCN(C(=O)c2ccc(Cl)cc2[N+](=O)[O-])CC1. The van der Waals surface area contributed by atoms with Gasteiger partial charge in [-0.25, -0.2) is 0 Å². The molecule has 0 aromatic heterocycles. The van der Waals surface area contributed by atoms with Gasteiger partial charge in [-0.05, 0) is 18.6 Å². The van der Waals surface area contributed by atoms with Crippen molar-refractivity contribution in [3.63, 3.8) is 0 Å². The number of halogens is 1. The number of aliphatic hydroxyl groups is 1. The number of carbonyl (C=O) groups excluding carboxylic acids is 1. The van der Waals surface area contributed by atoms with Gasteiger partial charge in [-0.15, -0.1) is 0 Å². The third-order valence-corrected chi connectivity index (χ3v) is 4.42. The van der Waals surface area contributed by atoms with E-state index in [1.165, 1.54) is 18.2 Å². The first-order valence-electron chi connectivity index (χ1n) is 7.56. The van der Waals surface area contributed by atoms with Gasteiger partial charge >= 0.3 is 0 Å². The lowest BCUT2D eigenvalue weighted by Crippen LogP contribution is -2.52. The zero-order chi connectivity index (χ0) is 17.0. The largest absolute Gasteiger partial charge is 0.395 e. The summed E-state index contributed by atoms with van der Waals surface area (Å²) in [5.41, 5.74) is -0.214. The Labute approximate surface area is 139 Å². The van der Waals surface area contributed by atoms with Gasteiger partial charge in [-0.3, -0.25) is 19.8 Å². The molecule has 2 rings (SSSR count). The fourth-order valence-electron chi connectivity index (χ4n) is 2.80. The number of benzene rings is 1. The normalized spacial score (nSPS) is 17.1. The molecule has 0 bridgehead atoms. The number of carbonyl (C=O) groups is 1. The molecule has 8 heteroatoms. The van der Waals surface area contributed by atoms with Crippen molar-refractivity contribution in [2.75, 3.05) is 32.8 Å². The van der Waals surface area contributed by atoms with Crippen molar-refractivity contribution in [2.24, 2.45) is 0 Å². The molecule has 1 aliphatic rings. The summed E-state index contributed by atoms with van der Waals surface area (Å²) in [6.45, 7) is 4.35. The van der Waals surface area contributed by atoms with Crippen LogP contribution >= 0.6 is 11.6 Å². The minimum Gasteiger partial charge on any atom is -0.395 e. The van der Waals surface area contributed by atoms with Crippen LogP contribution < -0.4 is 0 Å². The fraction of sp³-hybridized carbons (Fsp3) is 0.533. The maximum Gasteiger partial charge on any atom is 0.283 e. The molecule has 0 spiro atoms. The molecule has 1 aliphatic heterocycles. The van der Waals surface area contributed by atoms with Crippen molar-refractivity contribution in [1.29, 1.82) is 0 Å². The lowest BCUT2D eigenvalue weighted by Gasteiger charge is -2.38. The van der Waals surface area contributed by atoms with Crippen LogP contribution in [-0.2, 0) is 0 Å². The van der Waals surface area contributed by atoms with Gasteiger partial charge in [0.05, 0.1) is 11.5 Å². The van der Waals surface area contributed by atoms with Crippen molar-refractivity contribution < 1.29 is 14.8 Å². The first-order chi connectivity index (χ1) is 11.0. The Balaban J connectivity index is 2.10. The zero-order valence-corrected chi connectivity index (χ0v) is 13.7. The number of nitro groups is 1. The van der Waals surface area contributed by atoms with Crippen LogP contribution in [-0.4, -0.2) is 64.6 Å². The quantitative estimate of drug-likeness (QED) is 0.651. The molecule has 1 aromatic rings. The van der Waals surface area contributed by atoms with E-state index in [2.05, 4.69) is 4.90 Å². The van der Waals surface area contributed by atoms with Gasteiger partial charge in [0.2, 0.25) is 0 Å². The van der Waals surface area contributed by atoms with Crippen molar-refractivity contribution in [1.82, 2.24) is 9.80 Å². The van der Waals surface area contributed by atoms with Crippen LogP contribution in [0, 0.1) is 10.1 Å². The van der Waals surface area contributed by atoms with E-state index in [0.717, 1.165) is 6.42 Å². The smallest absolute Gasteiger partial charge is 0.283 e. The molecular formula is C15H20ClN3O4. The van der Waals surface area contributed by atoms with Gasteiger partial charge in [-0.1, -0.05) is 18.5 Å². The molecule has 126 valence electrons. The second-order valence-corrected chi connectivity index (χ2v) is 5.93. The van der Waals surface area contributed by atoms with E-state index in [0.29, 0.717) is 26.2 Å². The van der Waals surface area contributed by atoms with E-state index in [1.54, 1.807) is 4.90 Å². The minimum atomic E-state index is -0.589. The highest BCUT2D eigenvalue weighted by molar-refractivity contribution is 6.31. The lowest BCUT2D eigenvalue weighted by molar-refractivity contribution is -0.385. The average molecular weight is 342 g/mol. The van der Waals surface area contributed by atoms with E-state index >= 15 is 0 Å². The highest BCUT2D eigenvalue weighted by Gasteiger charge is 2.29. The Hall–Kier alpha value is -1.70. The summed E-state index contributed by atoms with van der Waals surface area (Å²) in [5, 5.41) is 20.7. The molecule has 1 fully saturated rings. The molecule has 1 amide bonds. The molecule has 1 aromatic carbocycles. The Bertz CT molecular complexity index is 584. The number of nitro benzene ring substituents is 1. The molecule has 1 N–H and O–H groups in total. The number of hydrogen-bond donors (Lipinski definition) is 1. The predicted octanol–water partition coefficient (Wildman–Crippen LogP) is 1.78. The monoisotopic (exact) mass is 341 g/mol. The van der Waals surface area contributed by atoms with Crippen LogP contribution in [0.2, 0.25) is 5.02 Å². The summed E-state index contributed by atoms with van der Waals surface area (Å²) < 4.78 is 0. The van der Waals surface area contributed by atoms with Gasteiger partial charge in [-0.2, -0.15) is 0 Å². The van der Waals surface area contributed by atoms with Gasteiger partial charge in [0.1, 0.15) is 5.56 Å². The number of piperazine rings is 1. The summed E-state index contributed by atoms with van der Waals surface area (Å²) in [5.74, 6) is -0.356. The van der Waals surface area contributed by atoms with Crippen molar-refractivity contribution in [3.8, 4) is 0 Å². The van der Waals surface area contributed by atoms with E-state index in [4.69, 9.17) is 11.6 Å². The lowest BCUT2D eigenvalue weighted by atomic mass is 10.1. The Morgan fingerprint density at radius 1 is 1.39 bits per heavy atom. The summed E-state index contributed by atoms with van der Waals surface area (Å²) in [7, 11) is 0. The van der Waals surface area contributed by atoms with E-state index in [1.807, 2.05) is 6.92 Å². The first kappa shape index (κ1) is 17.7. The van der Waals surface area contributed by atoms with Crippen LogP contribution in [0.15, 0.2) is 18.2 Å². The Morgan fingerprint density at radius 2 is 2.04 bits per heavy atom. The third kappa shape index (κ3) is 3.99. The Morgan fingerprint density at radius 3 is 2.57 bits per heavy atom. The maximum absolute atomic E-state index is 12.6. The summed E-state index contributed by atoms with van der Waals surface area (Å²) in [4.78, 5) is 26.8.